The maximum Gasteiger partial charge on any atom is 0.269 e. The fraction of sp³-hybridized carbons (Fsp3) is 0.167. The van der Waals surface area contributed by atoms with Crippen LogP contribution in [0.4, 0.5) is 0 Å². The molecule has 0 saturated heterocycles. The SMILES string of the molecule is CN(Cc1ccccc1)C(=O)Cn1c(=O)cnc2ccccc21. The van der Waals surface area contributed by atoms with Crippen molar-refractivity contribution in [2.75, 3.05) is 7.05 Å². The number of aromatic nitrogens is 2. The van der Waals surface area contributed by atoms with E-state index in [1.165, 1.54) is 10.8 Å². The van der Waals surface area contributed by atoms with Crippen LogP contribution in [0.15, 0.2) is 65.6 Å². The summed E-state index contributed by atoms with van der Waals surface area (Å²) in [4.78, 5) is 30.3. The van der Waals surface area contributed by atoms with E-state index in [0.717, 1.165) is 5.56 Å². The highest BCUT2D eigenvalue weighted by Crippen LogP contribution is 2.09. The van der Waals surface area contributed by atoms with Gasteiger partial charge in [-0.25, -0.2) is 4.98 Å². The third-order valence-corrected chi connectivity index (χ3v) is 3.73. The Morgan fingerprint density at radius 2 is 1.78 bits per heavy atom. The molecule has 5 nitrogen and oxygen atoms in total. The molecule has 3 aromatic rings. The minimum Gasteiger partial charge on any atom is -0.340 e. The van der Waals surface area contributed by atoms with Crippen LogP contribution in [-0.4, -0.2) is 27.4 Å². The van der Waals surface area contributed by atoms with Crippen LogP contribution in [0.1, 0.15) is 5.56 Å². The molecule has 0 aliphatic rings. The number of fused-ring (bicyclic) bond motifs is 1. The van der Waals surface area contributed by atoms with Gasteiger partial charge < -0.3 is 4.90 Å². The fourth-order valence-corrected chi connectivity index (χ4v) is 2.48. The van der Waals surface area contributed by atoms with E-state index >= 15 is 0 Å². The third kappa shape index (κ3) is 3.29. The third-order valence-electron chi connectivity index (χ3n) is 3.73. The second kappa shape index (κ2) is 6.44. The van der Waals surface area contributed by atoms with Crippen molar-refractivity contribution in [3.63, 3.8) is 0 Å². The number of para-hydroxylation sites is 2. The van der Waals surface area contributed by atoms with Crippen molar-refractivity contribution in [3.8, 4) is 0 Å². The molecule has 0 N–H and O–H groups in total. The highest BCUT2D eigenvalue weighted by Gasteiger charge is 2.13. The van der Waals surface area contributed by atoms with Gasteiger partial charge in [-0.15, -0.1) is 0 Å². The Morgan fingerprint density at radius 1 is 1.09 bits per heavy atom. The van der Waals surface area contributed by atoms with Crippen molar-refractivity contribution in [2.45, 2.75) is 13.1 Å². The first-order valence-electron chi connectivity index (χ1n) is 7.37. The van der Waals surface area contributed by atoms with E-state index in [2.05, 4.69) is 4.98 Å². The Balaban J connectivity index is 1.83. The van der Waals surface area contributed by atoms with Crippen molar-refractivity contribution >= 4 is 16.9 Å². The average molecular weight is 307 g/mol. The average Bonchev–Trinajstić information content (AvgIpc) is 2.58. The lowest BCUT2D eigenvalue weighted by Crippen LogP contribution is -2.33. The molecule has 0 spiro atoms. The summed E-state index contributed by atoms with van der Waals surface area (Å²) in [7, 11) is 1.74. The first-order chi connectivity index (χ1) is 11.1. The van der Waals surface area contributed by atoms with E-state index in [1.54, 1.807) is 18.0 Å². The molecular formula is C18H17N3O2. The van der Waals surface area contributed by atoms with Crippen LogP contribution in [-0.2, 0) is 17.9 Å². The number of rotatable bonds is 4. The van der Waals surface area contributed by atoms with E-state index in [9.17, 15) is 9.59 Å². The van der Waals surface area contributed by atoms with Gasteiger partial charge in [0.1, 0.15) is 6.54 Å². The Morgan fingerprint density at radius 3 is 2.57 bits per heavy atom. The topological polar surface area (TPSA) is 55.2 Å². The van der Waals surface area contributed by atoms with Crippen LogP contribution in [0.5, 0.6) is 0 Å². The summed E-state index contributed by atoms with van der Waals surface area (Å²) in [5.41, 5.74) is 2.15. The molecular weight excluding hydrogens is 290 g/mol. The fourth-order valence-electron chi connectivity index (χ4n) is 2.48. The van der Waals surface area contributed by atoms with Gasteiger partial charge in [0, 0.05) is 13.6 Å². The number of likely N-dealkylation sites (N-methyl/N-ethyl adjacent to an activating group) is 1. The van der Waals surface area contributed by atoms with Crippen molar-refractivity contribution in [3.05, 3.63) is 76.7 Å². The van der Waals surface area contributed by atoms with Crippen LogP contribution in [0.25, 0.3) is 11.0 Å². The lowest BCUT2D eigenvalue weighted by molar-refractivity contribution is -0.131. The Bertz CT molecular complexity index is 887. The lowest BCUT2D eigenvalue weighted by Gasteiger charge is -2.18. The number of carbonyl (C=O) groups excluding carboxylic acids is 1. The van der Waals surface area contributed by atoms with Gasteiger partial charge >= 0.3 is 0 Å². The molecule has 0 unspecified atom stereocenters. The number of carbonyl (C=O) groups is 1. The summed E-state index contributed by atoms with van der Waals surface area (Å²) >= 11 is 0. The van der Waals surface area contributed by atoms with Crippen LogP contribution in [0.2, 0.25) is 0 Å². The zero-order valence-corrected chi connectivity index (χ0v) is 12.8. The Labute approximate surface area is 133 Å². The number of amides is 1. The first kappa shape index (κ1) is 15.0. The molecule has 0 radical (unpaired) electrons. The van der Waals surface area contributed by atoms with Crippen LogP contribution < -0.4 is 5.56 Å². The van der Waals surface area contributed by atoms with Crippen molar-refractivity contribution in [1.82, 2.24) is 14.5 Å². The molecule has 0 saturated carbocycles. The molecule has 116 valence electrons. The highest BCUT2D eigenvalue weighted by molar-refractivity contribution is 5.79. The summed E-state index contributed by atoms with van der Waals surface area (Å²) in [5.74, 6) is -0.118. The van der Waals surface area contributed by atoms with Crippen molar-refractivity contribution in [1.29, 1.82) is 0 Å². The van der Waals surface area contributed by atoms with Gasteiger partial charge in [0.2, 0.25) is 5.91 Å². The molecule has 1 amide bonds. The van der Waals surface area contributed by atoms with Gasteiger partial charge in [-0.05, 0) is 17.7 Å². The Kier molecular flexibility index (Phi) is 4.19. The summed E-state index contributed by atoms with van der Waals surface area (Å²) in [5, 5.41) is 0. The number of hydrogen-bond donors (Lipinski definition) is 0. The van der Waals surface area contributed by atoms with Crippen molar-refractivity contribution < 1.29 is 4.79 Å². The number of benzene rings is 2. The highest BCUT2D eigenvalue weighted by atomic mass is 16.2. The maximum absolute atomic E-state index is 12.5. The molecule has 0 aliphatic carbocycles. The van der Waals surface area contributed by atoms with Gasteiger partial charge in [0.05, 0.1) is 17.2 Å². The van der Waals surface area contributed by atoms with E-state index in [0.29, 0.717) is 17.6 Å². The zero-order chi connectivity index (χ0) is 16.2. The van der Waals surface area contributed by atoms with Crippen LogP contribution in [0.3, 0.4) is 0 Å². The Hall–Kier alpha value is -2.95. The summed E-state index contributed by atoms with van der Waals surface area (Å²) < 4.78 is 1.46. The largest absolute Gasteiger partial charge is 0.340 e. The maximum atomic E-state index is 12.5. The van der Waals surface area contributed by atoms with E-state index in [-0.39, 0.29) is 18.0 Å². The molecule has 0 bridgehead atoms. The van der Waals surface area contributed by atoms with Gasteiger partial charge in [0.15, 0.2) is 0 Å². The van der Waals surface area contributed by atoms with E-state index in [4.69, 9.17) is 0 Å². The number of hydrogen-bond acceptors (Lipinski definition) is 3. The summed E-state index contributed by atoms with van der Waals surface area (Å²) in [6, 6.07) is 17.1. The lowest BCUT2D eigenvalue weighted by atomic mass is 10.2. The molecule has 5 heteroatoms. The second-order valence-corrected chi connectivity index (χ2v) is 5.41. The van der Waals surface area contributed by atoms with Gasteiger partial charge in [-0.3, -0.25) is 14.2 Å². The standard InChI is InChI=1S/C18H17N3O2/c1-20(12-14-7-3-2-4-8-14)18(23)13-21-16-10-6-5-9-15(16)19-11-17(21)22/h2-11H,12-13H2,1H3. The molecule has 3 rings (SSSR count). The smallest absolute Gasteiger partial charge is 0.269 e. The molecule has 0 fully saturated rings. The predicted octanol–water partition coefficient (Wildman–Crippen LogP) is 2.06. The van der Waals surface area contributed by atoms with Gasteiger partial charge in [0.25, 0.3) is 5.56 Å². The van der Waals surface area contributed by atoms with Crippen LogP contribution >= 0.6 is 0 Å². The number of nitrogens with zero attached hydrogens (tertiary/aromatic N) is 3. The predicted molar refractivity (Wildman–Crippen MR) is 88.9 cm³/mol. The molecule has 23 heavy (non-hydrogen) atoms. The first-order valence-corrected chi connectivity index (χ1v) is 7.37. The van der Waals surface area contributed by atoms with Gasteiger partial charge in [-0.1, -0.05) is 42.5 Å². The normalized spacial score (nSPS) is 10.7. The quantitative estimate of drug-likeness (QED) is 0.741. The molecule has 0 atom stereocenters. The minimum absolute atomic E-state index is 0.00516. The van der Waals surface area contributed by atoms with E-state index in [1.807, 2.05) is 48.5 Å². The molecule has 1 aromatic heterocycles. The second-order valence-electron chi connectivity index (χ2n) is 5.41. The molecule has 1 heterocycles. The summed E-state index contributed by atoms with van der Waals surface area (Å²) in [6.07, 6.45) is 1.26. The van der Waals surface area contributed by atoms with Crippen molar-refractivity contribution in [2.24, 2.45) is 0 Å². The van der Waals surface area contributed by atoms with Crippen LogP contribution in [0, 0.1) is 0 Å². The summed E-state index contributed by atoms with van der Waals surface area (Å²) in [6.45, 7) is 0.517. The zero-order valence-electron chi connectivity index (χ0n) is 12.8. The molecule has 2 aromatic carbocycles. The van der Waals surface area contributed by atoms with E-state index < -0.39 is 0 Å². The minimum atomic E-state index is -0.273. The monoisotopic (exact) mass is 307 g/mol. The van der Waals surface area contributed by atoms with Gasteiger partial charge in [-0.2, -0.15) is 0 Å². The molecule has 0 aliphatic heterocycles.